The minimum absolute atomic E-state index is 0.0632. The number of rotatable bonds is 3. The minimum Gasteiger partial charge on any atom is -0.508 e. The number of hydrogen-bond acceptors (Lipinski definition) is 2. The van der Waals surface area contributed by atoms with Gasteiger partial charge in [-0.25, -0.2) is 4.39 Å². The van der Waals surface area contributed by atoms with Crippen LogP contribution < -0.4 is 5.32 Å². The van der Waals surface area contributed by atoms with Crippen LogP contribution in [0.5, 0.6) is 5.75 Å². The molecule has 0 aromatic heterocycles. The van der Waals surface area contributed by atoms with E-state index in [2.05, 4.69) is 21.2 Å². The molecule has 2 nitrogen and oxygen atoms in total. The van der Waals surface area contributed by atoms with E-state index in [-0.39, 0.29) is 11.8 Å². The number of aromatic hydroxyl groups is 1. The van der Waals surface area contributed by atoms with Crippen LogP contribution >= 0.6 is 15.9 Å². The predicted molar refractivity (Wildman–Crippen MR) is 79.0 cm³/mol. The van der Waals surface area contributed by atoms with Crippen molar-refractivity contribution in [2.24, 2.45) is 0 Å². The monoisotopic (exact) mass is 323 g/mol. The molecule has 1 atom stereocenters. The molecule has 2 N–H and O–H groups in total. The number of aryl methyl sites for hydroxylation is 1. The molecule has 0 aliphatic carbocycles. The van der Waals surface area contributed by atoms with Gasteiger partial charge < -0.3 is 10.4 Å². The second kappa shape index (κ2) is 5.61. The normalized spacial score (nSPS) is 12.2. The molecule has 0 saturated heterocycles. The third-order valence-corrected chi connectivity index (χ3v) is 3.33. The molecule has 0 amide bonds. The highest BCUT2D eigenvalue weighted by atomic mass is 79.9. The number of nitrogens with one attached hydrogen (secondary N) is 1. The van der Waals surface area contributed by atoms with Crippen LogP contribution in [0.3, 0.4) is 0 Å². The summed E-state index contributed by atoms with van der Waals surface area (Å²) in [5, 5.41) is 12.5. The second-order valence-corrected chi connectivity index (χ2v) is 5.50. The Balaban J connectivity index is 2.22. The third kappa shape index (κ3) is 3.47. The zero-order valence-corrected chi connectivity index (χ0v) is 12.3. The van der Waals surface area contributed by atoms with Crippen LogP contribution in [0.1, 0.15) is 24.1 Å². The number of halogens is 2. The molecule has 100 valence electrons. The summed E-state index contributed by atoms with van der Waals surface area (Å²) < 4.78 is 14.7. The zero-order chi connectivity index (χ0) is 14.0. The maximum Gasteiger partial charge on any atom is 0.132 e. The Hall–Kier alpha value is -1.55. The second-order valence-electron chi connectivity index (χ2n) is 4.59. The van der Waals surface area contributed by atoms with Crippen molar-refractivity contribution in [1.82, 2.24) is 0 Å². The fraction of sp³-hybridized carbons (Fsp3) is 0.200. The van der Waals surface area contributed by atoms with E-state index < -0.39 is 5.82 Å². The largest absolute Gasteiger partial charge is 0.508 e. The average Bonchev–Trinajstić information content (AvgIpc) is 2.26. The number of anilines is 1. The highest BCUT2D eigenvalue weighted by Crippen LogP contribution is 2.26. The van der Waals surface area contributed by atoms with Gasteiger partial charge in [-0.2, -0.15) is 0 Å². The topological polar surface area (TPSA) is 32.3 Å². The molecule has 2 aromatic rings. The molecule has 4 heteroatoms. The van der Waals surface area contributed by atoms with Gasteiger partial charge in [0.1, 0.15) is 11.6 Å². The van der Waals surface area contributed by atoms with Crippen LogP contribution in [0.25, 0.3) is 0 Å². The molecule has 1 unspecified atom stereocenters. The highest BCUT2D eigenvalue weighted by molar-refractivity contribution is 9.10. The minimum atomic E-state index is -0.410. The van der Waals surface area contributed by atoms with Crippen molar-refractivity contribution in [3.8, 4) is 5.75 Å². The van der Waals surface area contributed by atoms with E-state index in [4.69, 9.17) is 0 Å². The summed E-state index contributed by atoms with van der Waals surface area (Å²) in [4.78, 5) is 0. The van der Waals surface area contributed by atoms with Gasteiger partial charge in [0, 0.05) is 21.8 Å². The lowest BCUT2D eigenvalue weighted by Gasteiger charge is -2.17. The molecule has 0 heterocycles. The van der Waals surface area contributed by atoms with Crippen LogP contribution in [0.2, 0.25) is 0 Å². The molecule has 2 aromatic carbocycles. The van der Waals surface area contributed by atoms with E-state index in [1.807, 2.05) is 32.0 Å². The molecule has 19 heavy (non-hydrogen) atoms. The van der Waals surface area contributed by atoms with Crippen molar-refractivity contribution in [3.05, 3.63) is 57.8 Å². The average molecular weight is 324 g/mol. The lowest BCUT2D eigenvalue weighted by atomic mass is 10.1. The van der Waals surface area contributed by atoms with Gasteiger partial charge in [0.25, 0.3) is 0 Å². The summed E-state index contributed by atoms with van der Waals surface area (Å²) in [7, 11) is 0. The predicted octanol–water partition coefficient (Wildman–Crippen LogP) is 4.78. The lowest BCUT2D eigenvalue weighted by molar-refractivity contribution is 0.467. The fourth-order valence-electron chi connectivity index (χ4n) is 2.01. The van der Waals surface area contributed by atoms with Crippen molar-refractivity contribution in [3.63, 3.8) is 0 Å². The Morgan fingerprint density at radius 2 is 1.95 bits per heavy atom. The van der Waals surface area contributed by atoms with Gasteiger partial charge in [-0.15, -0.1) is 0 Å². The lowest BCUT2D eigenvalue weighted by Crippen LogP contribution is -2.08. The molecule has 0 saturated carbocycles. The van der Waals surface area contributed by atoms with Gasteiger partial charge in [-0.05, 0) is 43.7 Å². The molecule has 2 rings (SSSR count). The maximum atomic E-state index is 13.8. The first kappa shape index (κ1) is 13.9. The quantitative estimate of drug-likeness (QED) is 0.852. The van der Waals surface area contributed by atoms with Gasteiger partial charge in [0.05, 0.1) is 6.04 Å². The van der Waals surface area contributed by atoms with Gasteiger partial charge in [-0.3, -0.25) is 0 Å². The summed E-state index contributed by atoms with van der Waals surface area (Å²) in [6.07, 6.45) is 0. The molecular weight excluding hydrogens is 309 g/mol. The Kier molecular flexibility index (Phi) is 4.10. The molecule has 0 spiro atoms. The summed E-state index contributed by atoms with van der Waals surface area (Å²) >= 11 is 3.44. The molecule has 0 radical (unpaired) electrons. The van der Waals surface area contributed by atoms with Crippen LogP contribution in [0.15, 0.2) is 40.9 Å². The van der Waals surface area contributed by atoms with E-state index >= 15 is 0 Å². The first-order chi connectivity index (χ1) is 8.95. The van der Waals surface area contributed by atoms with Gasteiger partial charge >= 0.3 is 0 Å². The Morgan fingerprint density at radius 3 is 2.58 bits per heavy atom. The van der Waals surface area contributed by atoms with Crippen molar-refractivity contribution in [2.75, 3.05) is 5.32 Å². The summed E-state index contributed by atoms with van der Waals surface area (Å²) in [5.74, 6) is -0.474. The molecule has 0 aliphatic rings. The molecule has 0 aliphatic heterocycles. The standard InChI is InChI=1S/C15H15BrFNO/c1-9-5-11(16)7-12(6-9)18-10(2)14-4-3-13(19)8-15(14)17/h3-8,10,18-19H,1-2H3. The number of hydrogen-bond donors (Lipinski definition) is 2. The smallest absolute Gasteiger partial charge is 0.132 e. The fourth-order valence-corrected chi connectivity index (χ4v) is 2.62. The van der Waals surface area contributed by atoms with E-state index in [1.54, 1.807) is 6.07 Å². The van der Waals surface area contributed by atoms with Crippen LogP contribution in [0, 0.1) is 12.7 Å². The van der Waals surface area contributed by atoms with Crippen LogP contribution in [0.4, 0.5) is 10.1 Å². The maximum absolute atomic E-state index is 13.8. The molecule has 0 fully saturated rings. The number of phenols is 1. The van der Waals surface area contributed by atoms with Gasteiger partial charge in [-0.1, -0.05) is 22.0 Å². The first-order valence-electron chi connectivity index (χ1n) is 5.98. The van der Waals surface area contributed by atoms with Gasteiger partial charge in [0.15, 0.2) is 0 Å². The van der Waals surface area contributed by atoms with Crippen LogP contribution in [-0.2, 0) is 0 Å². The summed E-state index contributed by atoms with van der Waals surface area (Å²) in [5.41, 5.74) is 2.57. The van der Waals surface area contributed by atoms with Crippen molar-refractivity contribution in [1.29, 1.82) is 0 Å². The van der Waals surface area contributed by atoms with E-state index in [0.717, 1.165) is 21.8 Å². The van der Waals surface area contributed by atoms with Crippen LogP contribution in [-0.4, -0.2) is 5.11 Å². The number of phenolic OH excluding ortho intramolecular Hbond substituents is 1. The Morgan fingerprint density at radius 1 is 1.21 bits per heavy atom. The Bertz CT molecular complexity index is 580. The SMILES string of the molecule is Cc1cc(Br)cc(NC(C)c2ccc(O)cc2F)c1. The summed E-state index contributed by atoms with van der Waals surface area (Å²) in [6, 6.07) is 9.97. The van der Waals surface area contributed by atoms with Crippen molar-refractivity contribution in [2.45, 2.75) is 19.9 Å². The van der Waals surface area contributed by atoms with Crippen molar-refractivity contribution < 1.29 is 9.50 Å². The summed E-state index contributed by atoms with van der Waals surface area (Å²) in [6.45, 7) is 3.88. The van der Waals surface area contributed by atoms with Gasteiger partial charge in [0.2, 0.25) is 0 Å². The number of benzene rings is 2. The van der Waals surface area contributed by atoms with E-state index in [0.29, 0.717) is 5.56 Å². The van der Waals surface area contributed by atoms with E-state index in [9.17, 15) is 9.50 Å². The Labute approximate surface area is 120 Å². The third-order valence-electron chi connectivity index (χ3n) is 2.88. The van der Waals surface area contributed by atoms with E-state index in [1.165, 1.54) is 6.07 Å². The molecule has 0 bridgehead atoms. The van der Waals surface area contributed by atoms with Crippen molar-refractivity contribution >= 4 is 21.6 Å². The zero-order valence-electron chi connectivity index (χ0n) is 10.7. The highest BCUT2D eigenvalue weighted by Gasteiger charge is 2.11. The first-order valence-corrected chi connectivity index (χ1v) is 6.77. The molecular formula is C15H15BrFNO.